The van der Waals surface area contributed by atoms with Gasteiger partial charge in [-0.1, -0.05) is 23.7 Å². The maximum Gasteiger partial charge on any atom is 0.451 e. The second-order valence-electron chi connectivity index (χ2n) is 4.55. The summed E-state index contributed by atoms with van der Waals surface area (Å²) in [6, 6.07) is 9.54. The van der Waals surface area contributed by atoms with Crippen molar-refractivity contribution in [3.8, 4) is 11.6 Å². The fourth-order valence-electron chi connectivity index (χ4n) is 1.90. The topological polar surface area (TPSA) is 35.0 Å². The highest BCUT2D eigenvalue weighted by atomic mass is 35.5. The normalized spacial score (nSPS) is 11.7. The molecule has 0 N–H and O–H groups in total. The lowest BCUT2D eigenvalue weighted by Gasteiger charge is -2.11. The van der Waals surface area contributed by atoms with E-state index in [1.54, 1.807) is 12.1 Å². The number of nitrogens with zero attached hydrogens (tertiary/aromatic N) is 2. The SMILES string of the molecule is Fc1ccc(Oc2nc(C(F)(F)F)nc3ccccc23)cc1Cl. The Labute approximate surface area is 132 Å². The zero-order chi connectivity index (χ0) is 16.6. The summed E-state index contributed by atoms with van der Waals surface area (Å²) in [4.78, 5) is 6.90. The van der Waals surface area contributed by atoms with Crippen LogP contribution in [0.2, 0.25) is 5.02 Å². The van der Waals surface area contributed by atoms with Gasteiger partial charge in [-0.2, -0.15) is 18.2 Å². The Bertz CT molecular complexity index is 883. The third-order valence-corrected chi connectivity index (χ3v) is 3.22. The standard InChI is InChI=1S/C15H7ClF4N2O/c16-10-7-8(5-6-11(10)17)23-13-9-3-1-2-4-12(9)21-14(22-13)15(18,19)20/h1-7H. The van der Waals surface area contributed by atoms with Gasteiger partial charge < -0.3 is 4.74 Å². The largest absolute Gasteiger partial charge is 0.451 e. The molecule has 0 aliphatic heterocycles. The van der Waals surface area contributed by atoms with Gasteiger partial charge in [0.05, 0.1) is 15.9 Å². The molecule has 3 nitrogen and oxygen atoms in total. The zero-order valence-electron chi connectivity index (χ0n) is 11.2. The Kier molecular flexibility index (Phi) is 3.81. The fraction of sp³-hybridized carbons (Fsp3) is 0.0667. The predicted molar refractivity (Wildman–Crippen MR) is 76.0 cm³/mol. The summed E-state index contributed by atoms with van der Waals surface area (Å²) in [5.41, 5.74) is 0.0815. The second-order valence-corrected chi connectivity index (χ2v) is 4.95. The molecule has 23 heavy (non-hydrogen) atoms. The lowest BCUT2D eigenvalue weighted by atomic mass is 10.2. The van der Waals surface area contributed by atoms with Crippen LogP contribution in [0.15, 0.2) is 42.5 Å². The van der Waals surface area contributed by atoms with Crippen LogP contribution in [0, 0.1) is 5.82 Å². The van der Waals surface area contributed by atoms with Crippen molar-refractivity contribution >= 4 is 22.5 Å². The van der Waals surface area contributed by atoms with E-state index in [0.717, 1.165) is 12.1 Å². The first-order chi connectivity index (χ1) is 10.8. The summed E-state index contributed by atoms with van der Waals surface area (Å²) in [5.74, 6) is -2.21. The average molecular weight is 343 g/mol. The smallest absolute Gasteiger partial charge is 0.438 e. The fourth-order valence-corrected chi connectivity index (χ4v) is 2.07. The Morgan fingerprint density at radius 2 is 1.74 bits per heavy atom. The van der Waals surface area contributed by atoms with E-state index in [-0.39, 0.29) is 22.2 Å². The minimum Gasteiger partial charge on any atom is -0.438 e. The first-order valence-electron chi connectivity index (χ1n) is 6.31. The summed E-state index contributed by atoms with van der Waals surface area (Å²) >= 11 is 5.63. The monoisotopic (exact) mass is 342 g/mol. The molecule has 0 amide bonds. The van der Waals surface area contributed by atoms with Crippen molar-refractivity contribution in [2.45, 2.75) is 6.18 Å². The first-order valence-corrected chi connectivity index (χ1v) is 6.69. The van der Waals surface area contributed by atoms with Crippen LogP contribution < -0.4 is 4.74 Å². The molecule has 0 fully saturated rings. The van der Waals surface area contributed by atoms with E-state index in [9.17, 15) is 17.6 Å². The number of ether oxygens (including phenoxy) is 1. The molecule has 0 unspecified atom stereocenters. The van der Waals surface area contributed by atoms with Gasteiger partial charge >= 0.3 is 6.18 Å². The molecule has 2 aromatic carbocycles. The number of benzene rings is 2. The molecule has 1 heterocycles. The van der Waals surface area contributed by atoms with E-state index in [2.05, 4.69) is 9.97 Å². The van der Waals surface area contributed by atoms with E-state index < -0.39 is 17.8 Å². The van der Waals surface area contributed by atoms with Crippen LogP contribution in [0.3, 0.4) is 0 Å². The molecule has 3 aromatic rings. The molecule has 0 bridgehead atoms. The van der Waals surface area contributed by atoms with Gasteiger partial charge in [-0.05, 0) is 24.3 Å². The third kappa shape index (κ3) is 3.19. The van der Waals surface area contributed by atoms with Gasteiger partial charge in [0.1, 0.15) is 11.6 Å². The van der Waals surface area contributed by atoms with Crippen LogP contribution in [0.4, 0.5) is 17.6 Å². The van der Waals surface area contributed by atoms with Crippen molar-refractivity contribution in [3.63, 3.8) is 0 Å². The molecular formula is C15H7ClF4N2O. The van der Waals surface area contributed by atoms with Crippen LogP contribution in [-0.2, 0) is 6.18 Å². The first kappa shape index (κ1) is 15.5. The second kappa shape index (κ2) is 5.66. The van der Waals surface area contributed by atoms with Crippen LogP contribution >= 0.6 is 11.6 Å². The maximum atomic E-state index is 13.1. The third-order valence-electron chi connectivity index (χ3n) is 2.93. The number of hydrogen-bond donors (Lipinski definition) is 0. The molecule has 0 aliphatic carbocycles. The van der Waals surface area contributed by atoms with E-state index in [4.69, 9.17) is 16.3 Å². The Balaban J connectivity index is 2.13. The molecule has 118 valence electrons. The molecule has 0 spiro atoms. The predicted octanol–water partition coefficient (Wildman–Crippen LogP) is 5.23. The summed E-state index contributed by atoms with van der Waals surface area (Å²) in [7, 11) is 0. The van der Waals surface area contributed by atoms with E-state index in [0.29, 0.717) is 5.39 Å². The molecule has 8 heteroatoms. The summed E-state index contributed by atoms with van der Waals surface area (Å²) in [5, 5.41) is 0.0813. The summed E-state index contributed by atoms with van der Waals surface area (Å²) in [6.45, 7) is 0. The van der Waals surface area contributed by atoms with Gasteiger partial charge in [0.25, 0.3) is 0 Å². The van der Waals surface area contributed by atoms with Crippen molar-refractivity contribution in [2.75, 3.05) is 0 Å². The molecule has 0 aliphatic rings. The maximum absolute atomic E-state index is 13.1. The highest BCUT2D eigenvalue weighted by Gasteiger charge is 2.35. The van der Waals surface area contributed by atoms with Crippen molar-refractivity contribution in [3.05, 3.63) is 59.1 Å². The zero-order valence-corrected chi connectivity index (χ0v) is 12.0. The summed E-state index contributed by atoms with van der Waals surface area (Å²) < 4.78 is 57.2. The Hall–Kier alpha value is -2.41. The molecule has 0 saturated carbocycles. The minimum absolute atomic E-state index is 0.0633. The quantitative estimate of drug-likeness (QED) is 0.598. The highest BCUT2D eigenvalue weighted by Crippen LogP contribution is 2.33. The van der Waals surface area contributed by atoms with Gasteiger partial charge in [-0.3, -0.25) is 0 Å². The van der Waals surface area contributed by atoms with Crippen LogP contribution in [0.5, 0.6) is 11.6 Å². The Morgan fingerprint density at radius 3 is 2.43 bits per heavy atom. The Morgan fingerprint density at radius 1 is 1.00 bits per heavy atom. The van der Waals surface area contributed by atoms with Crippen molar-refractivity contribution in [1.29, 1.82) is 0 Å². The lowest BCUT2D eigenvalue weighted by molar-refractivity contribution is -0.144. The van der Waals surface area contributed by atoms with E-state index in [1.807, 2.05) is 0 Å². The number of aromatic nitrogens is 2. The van der Waals surface area contributed by atoms with Crippen molar-refractivity contribution in [2.24, 2.45) is 0 Å². The van der Waals surface area contributed by atoms with Crippen LogP contribution in [0.1, 0.15) is 5.82 Å². The molecule has 0 atom stereocenters. The van der Waals surface area contributed by atoms with Gasteiger partial charge in [-0.25, -0.2) is 9.37 Å². The van der Waals surface area contributed by atoms with Crippen LogP contribution in [-0.4, -0.2) is 9.97 Å². The molecule has 0 saturated heterocycles. The molecule has 1 aromatic heterocycles. The van der Waals surface area contributed by atoms with Crippen molar-refractivity contribution in [1.82, 2.24) is 9.97 Å². The molecule has 3 rings (SSSR count). The number of hydrogen-bond acceptors (Lipinski definition) is 3. The number of para-hydroxylation sites is 1. The average Bonchev–Trinajstić information content (AvgIpc) is 2.50. The number of alkyl halides is 3. The molecule has 0 radical (unpaired) electrons. The van der Waals surface area contributed by atoms with Gasteiger partial charge in [0.15, 0.2) is 0 Å². The van der Waals surface area contributed by atoms with Crippen molar-refractivity contribution < 1.29 is 22.3 Å². The van der Waals surface area contributed by atoms with Gasteiger partial charge in [-0.15, -0.1) is 0 Å². The molecular weight excluding hydrogens is 336 g/mol. The highest BCUT2D eigenvalue weighted by molar-refractivity contribution is 6.30. The summed E-state index contributed by atoms with van der Waals surface area (Å²) in [6.07, 6.45) is -4.72. The number of fused-ring (bicyclic) bond motifs is 1. The van der Waals surface area contributed by atoms with E-state index >= 15 is 0 Å². The van der Waals surface area contributed by atoms with Gasteiger partial charge in [0.2, 0.25) is 11.7 Å². The number of rotatable bonds is 2. The van der Waals surface area contributed by atoms with E-state index in [1.165, 1.54) is 18.2 Å². The lowest BCUT2D eigenvalue weighted by Crippen LogP contribution is -2.11. The minimum atomic E-state index is -4.72. The van der Waals surface area contributed by atoms with Crippen LogP contribution in [0.25, 0.3) is 10.9 Å². The number of halogens is 5. The van der Waals surface area contributed by atoms with Gasteiger partial charge in [0, 0.05) is 6.07 Å².